The van der Waals surface area contributed by atoms with E-state index in [2.05, 4.69) is 12.2 Å². The lowest BCUT2D eigenvalue weighted by Gasteiger charge is -2.23. The van der Waals surface area contributed by atoms with Crippen molar-refractivity contribution >= 4 is 23.2 Å². The largest absolute Gasteiger partial charge is 0.494 e. The fraction of sp³-hybridized carbons (Fsp3) is 0.417. The lowest BCUT2D eigenvalue weighted by Crippen LogP contribution is -2.31. The molecule has 2 aromatic carbocycles. The normalized spacial score (nSPS) is 10.4. The molecular formula is C24H33N3O3. The number of anilines is 2. The number of unbranched alkanes of at least 4 members (excludes halogenated alkanes) is 1. The number of ether oxygens (including phenoxy) is 1. The van der Waals surface area contributed by atoms with E-state index in [0.29, 0.717) is 36.5 Å². The Kier molecular flexibility index (Phi) is 8.71. The quantitative estimate of drug-likeness (QED) is 0.577. The van der Waals surface area contributed by atoms with Gasteiger partial charge in [-0.2, -0.15) is 0 Å². The molecule has 0 atom stereocenters. The summed E-state index contributed by atoms with van der Waals surface area (Å²) in [7, 11) is 3.80. The average molecular weight is 412 g/mol. The summed E-state index contributed by atoms with van der Waals surface area (Å²) in [6.45, 7) is 7.96. The van der Waals surface area contributed by atoms with Gasteiger partial charge >= 0.3 is 0 Å². The molecule has 0 fully saturated rings. The van der Waals surface area contributed by atoms with Gasteiger partial charge in [0.05, 0.1) is 12.2 Å². The van der Waals surface area contributed by atoms with E-state index in [1.807, 2.05) is 45.0 Å². The Bertz CT molecular complexity index is 843. The molecule has 0 spiro atoms. The van der Waals surface area contributed by atoms with Gasteiger partial charge in [-0.25, -0.2) is 0 Å². The summed E-state index contributed by atoms with van der Waals surface area (Å²) in [6.07, 6.45) is 2.07. The number of nitrogens with one attached hydrogen (secondary N) is 1. The van der Waals surface area contributed by atoms with Gasteiger partial charge in [0, 0.05) is 44.1 Å². The van der Waals surface area contributed by atoms with Crippen molar-refractivity contribution in [2.75, 3.05) is 44.0 Å². The first-order valence-corrected chi connectivity index (χ1v) is 10.6. The maximum absolute atomic E-state index is 13.0. The molecule has 6 heteroatoms. The van der Waals surface area contributed by atoms with Crippen LogP contribution in [0.3, 0.4) is 0 Å². The third-order valence-corrected chi connectivity index (χ3v) is 4.90. The van der Waals surface area contributed by atoms with Gasteiger partial charge in [0.2, 0.25) is 0 Å². The van der Waals surface area contributed by atoms with Crippen LogP contribution in [-0.2, 0) is 0 Å². The summed E-state index contributed by atoms with van der Waals surface area (Å²) in [4.78, 5) is 29.3. The molecule has 1 N–H and O–H groups in total. The number of hydrogen-bond acceptors (Lipinski definition) is 4. The number of carbonyl (C=O) groups excluding carboxylic acids is 2. The van der Waals surface area contributed by atoms with Crippen LogP contribution in [0, 0.1) is 0 Å². The number of rotatable bonds is 10. The predicted octanol–water partition coefficient (Wildman–Crippen LogP) is 4.67. The smallest absolute Gasteiger partial charge is 0.256 e. The Morgan fingerprint density at radius 1 is 0.967 bits per heavy atom. The van der Waals surface area contributed by atoms with Gasteiger partial charge in [-0.1, -0.05) is 13.3 Å². The SMILES string of the molecule is CCCCOc1ccc(C(=O)Nc2ccc(N(C)C)c(C(=O)N(CC)CC)c2)cc1. The van der Waals surface area contributed by atoms with Gasteiger partial charge < -0.3 is 19.9 Å². The summed E-state index contributed by atoms with van der Waals surface area (Å²) in [5, 5.41) is 2.90. The molecular weight excluding hydrogens is 378 g/mol. The molecule has 30 heavy (non-hydrogen) atoms. The van der Waals surface area contributed by atoms with Crippen molar-refractivity contribution in [3.63, 3.8) is 0 Å². The van der Waals surface area contributed by atoms with Crippen molar-refractivity contribution in [2.45, 2.75) is 33.6 Å². The number of nitrogens with zero attached hydrogens (tertiary/aromatic N) is 2. The van der Waals surface area contributed by atoms with Gasteiger partial charge in [0.25, 0.3) is 11.8 Å². The highest BCUT2D eigenvalue weighted by atomic mass is 16.5. The summed E-state index contributed by atoms with van der Waals surface area (Å²) in [6, 6.07) is 12.5. The minimum Gasteiger partial charge on any atom is -0.494 e. The van der Waals surface area contributed by atoms with E-state index in [0.717, 1.165) is 24.3 Å². The van der Waals surface area contributed by atoms with Crippen LogP contribution in [0.15, 0.2) is 42.5 Å². The summed E-state index contributed by atoms with van der Waals surface area (Å²) >= 11 is 0. The first-order valence-electron chi connectivity index (χ1n) is 10.6. The molecule has 2 aromatic rings. The molecule has 2 rings (SSSR count). The van der Waals surface area contributed by atoms with E-state index in [1.54, 1.807) is 35.2 Å². The second kappa shape index (κ2) is 11.2. The molecule has 0 saturated heterocycles. The van der Waals surface area contributed by atoms with Crippen LogP contribution in [0.25, 0.3) is 0 Å². The third kappa shape index (κ3) is 5.99. The van der Waals surface area contributed by atoms with E-state index in [4.69, 9.17) is 4.74 Å². The maximum Gasteiger partial charge on any atom is 0.256 e. The highest BCUT2D eigenvalue weighted by Crippen LogP contribution is 2.25. The Balaban J connectivity index is 2.18. The van der Waals surface area contributed by atoms with Crippen molar-refractivity contribution in [2.24, 2.45) is 0 Å². The third-order valence-electron chi connectivity index (χ3n) is 4.90. The zero-order chi connectivity index (χ0) is 22.1. The van der Waals surface area contributed by atoms with Crippen LogP contribution < -0.4 is 15.0 Å². The molecule has 0 heterocycles. The fourth-order valence-electron chi connectivity index (χ4n) is 3.10. The van der Waals surface area contributed by atoms with Crippen molar-refractivity contribution < 1.29 is 14.3 Å². The predicted molar refractivity (Wildman–Crippen MR) is 123 cm³/mol. The van der Waals surface area contributed by atoms with Gasteiger partial charge in [-0.05, 0) is 62.7 Å². The van der Waals surface area contributed by atoms with Gasteiger partial charge in [0.1, 0.15) is 5.75 Å². The molecule has 0 unspecified atom stereocenters. The fourth-order valence-corrected chi connectivity index (χ4v) is 3.10. The lowest BCUT2D eigenvalue weighted by atomic mass is 10.1. The van der Waals surface area contributed by atoms with Crippen LogP contribution in [0.4, 0.5) is 11.4 Å². The molecule has 162 valence electrons. The van der Waals surface area contributed by atoms with E-state index in [-0.39, 0.29) is 11.8 Å². The van der Waals surface area contributed by atoms with E-state index < -0.39 is 0 Å². The standard InChI is InChI=1S/C24H33N3O3/c1-6-9-16-30-20-13-10-18(11-14-20)23(28)25-19-12-15-22(26(4)5)21(17-19)24(29)27(7-2)8-3/h10-15,17H,6-9,16H2,1-5H3,(H,25,28). The number of hydrogen-bond donors (Lipinski definition) is 1. The van der Waals surface area contributed by atoms with Crippen LogP contribution in [0.1, 0.15) is 54.3 Å². The lowest BCUT2D eigenvalue weighted by molar-refractivity contribution is 0.0773. The molecule has 0 saturated carbocycles. The van der Waals surface area contributed by atoms with Crippen LogP contribution in [0.2, 0.25) is 0 Å². The van der Waals surface area contributed by atoms with Crippen LogP contribution in [-0.4, -0.2) is 50.5 Å². The summed E-state index contributed by atoms with van der Waals surface area (Å²) in [5.74, 6) is 0.477. The molecule has 6 nitrogen and oxygen atoms in total. The second-order valence-electron chi connectivity index (χ2n) is 7.28. The maximum atomic E-state index is 13.0. The van der Waals surface area contributed by atoms with Gasteiger partial charge in [-0.3, -0.25) is 9.59 Å². The minimum atomic E-state index is -0.228. The van der Waals surface area contributed by atoms with Crippen molar-refractivity contribution in [1.29, 1.82) is 0 Å². The number of amides is 2. The zero-order valence-electron chi connectivity index (χ0n) is 18.7. The molecule has 0 aromatic heterocycles. The van der Waals surface area contributed by atoms with Crippen LogP contribution >= 0.6 is 0 Å². The highest BCUT2D eigenvalue weighted by Gasteiger charge is 2.19. The highest BCUT2D eigenvalue weighted by molar-refractivity contribution is 6.06. The van der Waals surface area contributed by atoms with Gasteiger partial charge in [-0.15, -0.1) is 0 Å². The Labute approximate surface area is 179 Å². The van der Waals surface area contributed by atoms with Crippen molar-refractivity contribution in [1.82, 2.24) is 4.90 Å². The number of benzene rings is 2. The monoisotopic (exact) mass is 411 g/mol. The Morgan fingerprint density at radius 3 is 2.20 bits per heavy atom. The topological polar surface area (TPSA) is 61.9 Å². The first kappa shape index (κ1) is 23.3. The van der Waals surface area contributed by atoms with Gasteiger partial charge in [0.15, 0.2) is 0 Å². The number of carbonyl (C=O) groups is 2. The molecule has 0 aliphatic heterocycles. The van der Waals surface area contributed by atoms with E-state index in [9.17, 15) is 9.59 Å². The molecule has 0 aliphatic rings. The Hall–Kier alpha value is -3.02. The van der Waals surface area contributed by atoms with E-state index in [1.165, 1.54) is 0 Å². The van der Waals surface area contributed by atoms with E-state index >= 15 is 0 Å². The van der Waals surface area contributed by atoms with Crippen molar-refractivity contribution in [3.8, 4) is 5.75 Å². The zero-order valence-corrected chi connectivity index (χ0v) is 18.7. The van der Waals surface area contributed by atoms with Crippen molar-refractivity contribution in [3.05, 3.63) is 53.6 Å². The second-order valence-corrected chi connectivity index (χ2v) is 7.28. The first-order chi connectivity index (χ1) is 14.4. The molecule has 0 radical (unpaired) electrons. The average Bonchev–Trinajstić information content (AvgIpc) is 2.75. The molecule has 2 amide bonds. The Morgan fingerprint density at radius 2 is 1.63 bits per heavy atom. The summed E-state index contributed by atoms with van der Waals surface area (Å²) < 4.78 is 5.64. The molecule has 0 bridgehead atoms. The summed E-state index contributed by atoms with van der Waals surface area (Å²) in [5.41, 5.74) is 2.51. The minimum absolute atomic E-state index is 0.0478. The van der Waals surface area contributed by atoms with Crippen LogP contribution in [0.5, 0.6) is 5.75 Å². The molecule has 0 aliphatic carbocycles.